The van der Waals surface area contributed by atoms with Crippen molar-refractivity contribution < 1.29 is 4.43 Å². The summed E-state index contributed by atoms with van der Waals surface area (Å²) < 4.78 is 8.44. The molecular weight excluding hydrogens is 516 g/mol. The molecule has 40 heavy (non-hydrogen) atoms. The van der Waals surface area contributed by atoms with Crippen molar-refractivity contribution in [2.75, 3.05) is 23.8 Å². The maximum Gasteiger partial charge on any atom is 0.228 e. The Labute approximate surface area is 238 Å². The van der Waals surface area contributed by atoms with Crippen LogP contribution in [-0.2, 0) is 16.4 Å². The van der Waals surface area contributed by atoms with Gasteiger partial charge in [0.1, 0.15) is 18.0 Å². The van der Waals surface area contributed by atoms with Gasteiger partial charge in [0.25, 0.3) is 0 Å². The second-order valence-corrected chi connectivity index (χ2v) is 17.7. The molecule has 0 bridgehead atoms. The predicted molar refractivity (Wildman–Crippen MR) is 161 cm³/mol. The number of benzene rings is 1. The van der Waals surface area contributed by atoms with Crippen molar-refractivity contribution in [2.45, 2.75) is 78.1 Å². The molecule has 1 aliphatic heterocycles. The molecule has 0 spiro atoms. The third-order valence-electron chi connectivity index (χ3n) is 8.13. The van der Waals surface area contributed by atoms with Crippen molar-refractivity contribution in [3.8, 4) is 23.4 Å². The predicted octanol–water partition coefficient (Wildman–Crippen LogP) is 6.58. The summed E-state index contributed by atoms with van der Waals surface area (Å²) in [6.07, 6.45) is 2.63. The molecule has 2 aromatic heterocycles. The van der Waals surface area contributed by atoms with Gasteiger partial charge in [0, 0.05) is 42.9 Å². The van der Waals surface area contributed by atoms with Crippen molar-refractivity contribution in [1.29, 1.82) is 10.5 Å². The largest absolute Gasteiger partial charge is 0.416 e. The zero-order chi connectivity index (χ0) is 29.3. The first-order valence-electron chi connectivity index (χ1n) is 13.8. The summed E-state index contributed by atoms with van der Waals surface area (Å²) in [6, 6.07) is 12.0. The van der Waals surface area contributed by atoms with E-state index in [2.05, 4.69) is 93.6 Å². The summed E-state index contributed by atoms with van der Waals surface area (Å²) in [4.78, 5) is 9.19. The summed E-state index contributed by atoms with van der Waals surface area (Å²) in [5.74, 6) is 1.57. The molecule has 1 atom stereocenters. The van der Waals surface area contributed by atoms with E-state index in [4.69, 9.17) is 9.41 Å². The van der Waals surface area contributed by atoms with E-state index in [1.165, 1.54) is 0 Å². The van der Waals surface area contributed by atoms with Gasteiger partial charge in [0.2, 0.25) is 5.95 Å². The number of aryl methyl sites for hydroxylation is 1. The number of nitriles is 2. The number of hydrogen-bond acceptors (Lipinski definition) is 8. The lowest BCUT2D eigenvalue weighted by molar-refractivity contribution is 0.220. The van der Waals surface area contributed by atoms with Gasteiger partial charge in [-0.25, -0.2) is 14.6 Å². The Morgan fingerprint density at radius 2 is 1.95 bits per heavy atom. The van der Waals surface area contributed by atoms with Gasteiger partial charge >= 0.3 is 0 Å². The zero-order valence-electron chi connectivity index (χ0n) is 24.9. The van der Waals surface area contributed by atoms with E-state index in [1.807, 2.05) is 12.1 Å². The molecule has 0 saturated carbocycles. The molecule has 0 amide bonds. The minimum Gasteiger partial charge on any atom is -0.416 e. The van der Waals surface area contributed by atoms with Gasteiger partial charge in [0.15, 0.2) is 14.0 Å². The van der Waals surface area contributed by atoms with Crippen molar-refractivity contribution in [1.82, 2.24) is 19.7 Å². The van der Waals surface area contributed by atoms with E-state index >= 15 is 0 Å². The average molecular weight is 557 g/mol. The van der Waals surface area contributed by atoms with Crippen molar-refractivity contribution in [3.63, 3.8) is 0 Å². The number of aromatic nitrogens is 4. The molecule has 0 saturated heterocycles. The Balaban J connectivity index is 1.65. The average Bonchev–Trinajstić information content (AvgIpc) is 3.46. The number of anilines is 3. The van der Waals surface area contributed by atoms with E-state index in [-0.39, 0.29) is 10.5 Å². The lowest BCUT2D eigenvalue weighted by Gasteiger charge is -2.39. The maximum absolute atomic E-state index is 10.0. The highest BCUT2D eigenvalue weighted by Crippen LogP contribution is 2.44. The van der Waals surface area contributed by atoms with Crippen molar-refractivity contribution >= 4 is 25.8 Å². The quantitative estimate of drug-likeness (QED) is 0.283. The second kappa shape index (κ2) is 11.0. The Bertz CT molecular complexity index is 1470. The summed E-state index contributed by atoms with van der Waals surface area (Å²) >= 11 is 0. The second-order valence-electron chi connectivity index (χ2n) is 12.8. The fraction of sp³-hybridized carbons (Fsp3) is 0.500. The molecular formula is C30H40N8OSi. The minimum atomic E-state index is -1.95. The molecule has 4 rings (SSSR count). The fourth-order valence-corrected chi connectivity index (χ4v) is 5.54. The lowest BCUT2D eigenvalue weighted by atomic mass is 9.83. The first kappa shape index (κ1) is 29.3. The van der Waals surface area contributed by atoms with Gasteiger partial charge in [-0.2, -0.15) is 15.6 Å². The first-order valence-corrected chi connectivity index (χ1v) is 16.7. The Hall–Kier alpha value is -3.73. The standard InChI is InChI=1S/C30H40N8OSi/c1-20(2)10-12-38-26(15-23(17-32)37-38)36-28-33-11-9-25(35-28)21-13-22(16-31)27-24(14-21)30(6,18-34-27)19-39-40(7,8)29(3,4)5/h9,11,13-15,20,34H,10,12,18-19H2,1-8H3,(H,33,35,36)/t30-/m1/s1. The Kier molecular flexibility index (Phi) is 8.07. The van der Waals surface area contributed by atoms with Gasteiger partial charge in [0.05, 0.1) is 16.9 Å². The van der Waals surface area contributed by atoms with Gasteiger partial charge < -0.3 is 15.1 Å². The number of fused-ring (bicyclic) bond motifs is 1. The highest BCUT2D eigenvalue weighted by atomic mass is 28.4. The third-order valence-corrected chi connectivity index (χ3v) is 12.6. The molecule has 9 nitrogen and oxygen atoms in total. The van der Waals surface area contributed by atoms with Crippen LogP contribution in [0.1, 0.15) is 64.8 Å². The van der Waals surface area contributed by atoms with E-state index in [1.54, 1.807) is 16.9 Å². The molecule has 210 valence electrons. The number of rotatable bonds is 9. The molecule has 0 radical (unpaired) electrons. The third kappa shape index (κ3) is 6.04. The summed E-state index contributed by atoms with van der Waals surface area (Å²) in [5, 5.41) is 30.6. The van der Waals surface area contributed by atoms with Crippen LogP contribution >= 0.6 is 0 Å². The van der Waals surface area contributed by atoms with Crippen LogP contribution in [0.2, 0.25) is 18.1 Å². The highest BCUT2D eigenvalue weighted by molar-refractivity contribution is 6.74. The Morgan fingerprint density at radius 1 is 1.20 bits per heavy atom. The molecule has 1 aliphatic rings. The first-order chi connectivity index (χ1) is 18.8. The van der Waals surface area contributed by atoms with Crippen molar-refractivity contribution in [2.24, 2.45) is 5.92 Å². The molecule has 0 unspecified atom stereocenters. The van der Waals surface area contributed by atoms with Crippen LogP contribution in [-0.4, -0.2) is 41.2 Å². The highest BCUT2D eigenvalue weighted by Gasteiger charge is 2.42. The van der Waals surface area contributed by atoms with Crippen LogP contribution in [0.4, 0.5) is 17.5 Å². The SMILES string of the molecule is CC(C)CCn1nc(C#N)cc1Nc1nccc(-c2cc(C#N)c3c(c2)[C@@](C)(CO[Si](C)(C)C(C)(C)C)CN3)n1. The summed E-state index contributed by atoms with van der Waals surface area (Å²) in [7, 11) is -1.95. The molecule has 0 fully saturated rings. The van der Waals surface area contributed by atoms with E-state index in [9.17, 15) is 10.5 Å². The number of nitrogens with zero attached hydrogens (tertiary/aromatic N) is 6. The molecule has 0 aliphatic carbocycles. The van der Waals surface area contributed by atoms with E-state index in [0.29, 0.717) is 54.3 Å². The monoisotopic (exact) mass is 556 g/mol. The number of nitrogens with one attached hydrogen (secondary N) is 2. The van der Waals surface area contributed by atoms with Crippen LogP contribution in [0.5, 0.6) is 0 Å². The van der Waals surface area contributed by atoms with Gasteiger partial charge in [-0.3, -0.25) is 0 Å². The molecule has 1 aromatic carbocycles. The molecule has 2 N–H and O–H groups in total. The zero-order valence-corrected chi connectivity index (χ0v) is 25.9. The lowest BCUT2D eigenvalue weighted by Crippen LogP contribution is -2.45. The van der Waals surface area contributed by atoms with Crippen molar-refractivity contribution in [3.05, 3.63) is 47.3 Å². The molecule has 3 heterocycles. The van der Waals surface area contributed by atoms with Gasteiger partial charge in [-0.05, 0) is 54.2 Å². The Morgan fingerprint density at radius 3 is 2.60 bits per heavy atom. The van der Waals surface area contributed by atoms with E-state index < -0.39 is 8.32 Å². The topological polar surface area (TPSA) is 124 Å². The fourth-order valence-electron chi connectivity index (χ4n) is 4.43. The smallest absolute Gasteiger partial charge is 0.228 e. The maximum atomic E-state index is 10.0. The normalized spacial score (nSPS) is 16.8. The summed E-state index contributed by atoms with van der Waals surface area (Å²) in [5.41, 5.74) is 4.13. The van der Waals surface area contributed by atoms with Gasteiger partial charge in [-0.15, -0.1) is 0 Å². The molecule has 3 aromatic rings. The van der Waals surface area contributed by atoms with Crippen LogP contribution in [0.3, 0.4) is 0 Å². The van der Waals surface area contributed by atoms with Gasteiger partial charge in [-0.1, -0.05) is 41.5 Å². The molecule has 10 heteroatoms. The van der Waals surface area contributed by atoms with Crippen LogP contribution in [0.25, 0.3) is 11.3 Å². The van der Waals surface area contributed by atoms with Crippen LogP contribution in [0, 0.1) is 28.6 Å². The summed E-state index contributed by atoms with van der Waals surface area (Å²) in [6.45, 7) is 19.7. The minimum absolute atomic E-state index is 0.112. The van der Waals surface area contributed by atoms with Crippen LogP contribution < -0.4 is 10.6 Å². The van der Waals surface area contributed by atoms with E-state index in [0.717, 1.165) is 23.2 Å². The van der Waals surface area contributed by atoms with Crippen LogP contribution in [0.15, 0.2) is 30.5 Å². The number of hydrogen-bond donors (Lipinski definition) is 2.